The summed E-state index contributed by atoms with van der Waals surface area (Å²) in [7, 11) is 0. The topological polar surface area (TPSA) is 32.3 Å². The van der Waals surface area contributed by atoms with E-state index in [1.807, 2.05) is 18.2 Å². The summed E-state index contributed by atoms with van der Waals surface area (Å²) < 4.78 is 0. The van der Waals surface area contributed by atoms with Gasteiger partial charge >= 0.3 is 0 Å². The number of rotatable bonds is 4. The van der Waals surface area contributed by atoms with Crippen LogP contribution in [0.1, 0.15) is 38.8 Å². The first-order valence-electron chi connectivity index (χ1n) is 5.19. The Morgan fingerprint density at radius 2 is 1.93 bits per heavy atom. The van der Waals surface area contributed by atoms with E-state index in [-0.39, 0.29) is 6.04 Å². The van der Waals surface area contributed by atoms with Crippen LogP contribution >= 0.6 is 0 Å². The average molecular weight is 193 g/mol. The zero-order chi connectivity index (χ0) is 10.6. The van der Waals surface area contributed by atoms with E-state index >= 15 is 0 Å². The fraction of sp³-hybridized carbons (Fsp3) is 0.500. The van der Waals surface area contributed by atoms with E-state index in [1.54, 1.807) is 6.07 Å². The monoisotopic (exact) mass is 193 g/mol. The summed E-state index contributed by atoms with van der Waals surface area (Å²) in [4.78, 5) is 0. The van der Waals surface area contributed by atoms with E-state index in [2.05, 4.69) is 26.1 Å². The molecular weight excluding hydrogens is 174 g/mol. The third-order valence-electron chi connectivity index (χ3n) is 2.55. The molecule has 2 nitrogen and oxygen atoms in total. The van der Waals surface area contributed by atoms with Gasteiger partial charge in [-0.2, -0.15) is 0 Å². The first kappa shape index (κ1) is 11.1. The van der Waals surface area contributed by atoms with Crippen molar-refractivity contribution in [2.45, 2.75) is 39.3 Å². The Hall–Kier alpha value is -1.02. The molecule has 2 heteroatoms. The number of para-hydroxylation sites is 1. The van der Waals surface area contributed by atoms with E-state index < -0.39 is 0 Å². The summed E-state index contributed by atoms with van der Waals surface area (Å²) in [5.41, 5.74) is 0.966. The van der Waals surface area contributed by atoms with Crippen LogP contribution in [0.25, 0.3) is 0 Å². The minimum Gasteiger partial charge on any atom is -0.508 e. The van der Waals surface area contributed by atoms with Gasteiger partial charge in [-0.15, -0.1) is 0 Å². The molecule has 0 aliphatic carbocycles. The van der Waals surface area contributed by atoms with Gasteiger partial charge in [0, 0.05) is 17.6 Å². The molecule has 0 heterocycles. The van der Waals surface area contributed by atoms with Crippen molar-refractivity contribution in [2.75, 3.05) is 0 Å². The van der Waals surface area contributed by atoms with Gasteiger partial charge in [0.05, 0.1) is 0 Å². The van der Waals surface area contributed by atoms with Crippen molar-refractivity contribution >= 4 is 0 Å². The summed E-state index contributed by atoms with van der Waals surface area (Å²) in [6, 6.07) is 8.15. The zero-order valence-electron chi connectivity index (χ0n) is 9.12. The minimum absolute atomic E-state index is 0.200. The summed E-state index contributed by atoms with van der Waals surface area (Å²) in [5, 5.41) is 13.1. The molecule has 1 rings (SSSR count). The van der Waals surface area contributed by atoms with Gasteiger partial charge in [-0.1, -0.05) is 25.1 Å². The Kier molecular flexibility index (Phi) is 3.96. The van der Waals surface area contributed by atoms with Gasteiger partial charge in [0.2, 0.25) is 0 Å². The van der Waals surface area contributed by atoms with Crippen LogP contribution in [0.5, 0.6) is 5.75 Å². The Labute approximate surface area is 86.0 Å². The van der Waals surface area contributed by atoms with Gasteiger partial charge in [-0.3, -0.25) is 0 Å². The van der Waals surface area contributed by atoms with Crippen LogP contribution in [-0.4, -0.2) is 11.1 Å². The number of phenolic OH excluding ortho intramolecular Hbond substituents is 1. The molecule has 0 aliphatic rings. The highest BCUT2D eigenvalue weighted by Gasteiger charge is 2.10. The second-order valence-electron chi connectivity index (χ2n) is 3.76. The molecular formula is C12H19NO. The molecule has 14 heavy (non-hydrogen) atoms. The third-order valence-corrected chi connectivity index (χ3v) is 2.55. The molecule has 2 N–H and O–H groups in total. The number of phenols is 1. The Morgan fingerprint density at radius 1 is 1.29 bits per heavy atom. The summed E-state index contributed by atoms with van der Waals surface area (Å²) in [6.07, 6.45) is 1.10. The fourth-order valence-corrected chi connectivity index (χ4v) is 1.49. The van der Waals surface area contributed by atoms with Crippen LogP contribution in [0.4, 0.5) is 0 Å². The summed E-state index contributed by atoms with van der Waals surface area (Å²) in [5.74, 6) is 0.371. The molecule has 0 aliphatic heterocycles. The zero-order valence-corrected chi connectivity index (χ0v) is 9.12. The lowest BCUT2D eigenvalue weighted by atomic mass is 10.1. The Balaban J connectivity index is 2.69. The van der Waals surface area contributed by atoms with Crippen molar-refractivity contribution in [1.82, 2.24) is 5.32 Å². The van der Waals surface area contributed by atoms with Gasteiger partial charge in [-0.05, 0) is 26.3 Å². The number of nitrogens with one attached hydrogen (secondary N) is 1. The molecule has 0 saturated carbocycles. The van der Waals surface area contributed by atoms with Crippen LogP contribution < -0.4 is 5.32 Å². The molecule has 0 radical (unpaired) electrons. The number of hydrogen-bond acceptors (Lipinski definition) is 2. The second-order valence-corrected chi connectivity index (χ2v) is 3.76. The predicted octanol–water partition coefficient (Wildman–Crippen LogP) is 2.84. The molecule has 0 aromatic heterocycles. The smallest absolute Gasteiger partial charge is 0.120 e. The van der Waals surface area contributed by atoms with Crippen molar-refractivity contribution in [2.24, 2.45) is 0 Å². The number of aromatic hydroxyl groups is 1. The van der Waals surface area contributed by atoms with Gasteiger partial charge < -0.3 is 10.4 Å². The number of benzene rings is 1. The SMILES string of the molecule is CC[C@H](C)N[C@H](C)c1ccccc1O. The first-order chi connectivity index (χ1) is 6.65. The molecule has 2 atom stereocenters. The second kappa shape index (κ2) is 5.01. The maximum atomic E-state index is 9.63. The molecule has 0 bridgehead atoms. The highest BCUT2D eigenvalue weighted by Crippen LogP contribution is 2.23. The fourth-order valence-electron chi connectivity index (χ4n) is 1.49. The molecule has 0 spiro atoms. The lowest BCUT2D eigenvalue weighted by Crippen LogP contribution is -2.28. The highest BCUT2D eigenvalue weighted by atomic mass is 16.3. The molecule has 0 saturated heterocycles. The quantitative estimate of drug-likeness (QED) is 0.770. The van der Waals surface area contributed by atoms with Gasteiger partial charge in [0.1, 0.15) is 5.75 Å². The molecule has 0 amide bonds. The van der Waals surface area contributed by atoms with E-state index in [0.717, 1.165) is 12.0 Å². The van der Waals surface area contributed by atoms with Crippen molar-refractivity contribution in [3.05, 3.63) is 29.8 Å². The van der Waals surface area contributed by atoms with Gasteiger partial charge in [0.15, 0.2) is 0 Å². The van der Waals surface area contributed by atoms with Crippen LogP contribution in [0, 0.1) is 0 Å². The van der Waals surface area contributed by atoms with Crippen LogP contribution in [0.3, 0.4) is 0 Å². The van der Waals surface area contributed by atoms with Crippen LogP contribution in [0.2, 0.25) is 0 Å². The first-order valence-corrected chi connectivity index (χ1v) is 5.19. The third kappa shape index (κ3) is 2.74. The lowest BCUT2D eigenvalue weighted by molar-refractivity contribution is 0.430. The lowest BCUT2D eigenvalue weighted by Gasteiger charge is -2.19. The molecule has 78 valence electrons. The Morgan fingerprint density at radius 3 is 2.50 bits per heavy atom. The average Bonchev–Trinajstić information content (AvgIpc) is 2.18. The largest absolute Gasteiger partial charge is 0.508 e. The molecule has 0 unspecified atom stereocenters. The minimum atomic E-state index is 0.200. The molecule has 1 aromatic rings. The van der Waals surface area contributed by atoms with E-state index in [0.29, 0.717) is 11.8 Å². The van der Waals surface area contributed by atoms with E-state index in [1.165, 1.54) is 0 Å². The van der Waals surface area contributed by atoms with E-state index in [9.17, 15) is 5.11 Å². The predicted molar refractivity (Wildman–Crippen MR) is 59.4 cm³/mol. The van der Waals surface area contributed by atoms with Crippen molar-refractivity contribution in [3.63, 3.8) is 0 Å². The molecule has 1 aromatic carbocycles. The standard InChI is InChI=1S/C12H19NO/c1-4-9(2)13-10(3)11-7-5-6-8-12(11)14/h5-10,13-14H,4H2,1-3H3/t9-,10+/m0/s1. The number of hydrogen-bond donors (Lipinski definition) is 2. The van der Waals surface area contributed by atoms with Crippen molar-refractivity contribution < 1.29 is 5.11 Å². The summed E-state index contributed by atoms with van der Waals surface area (Å²) in [6.45, 7) is 6.37. The summed E-state index contributed by atoms with van der Waals surface area (Å²) >= 11 is 0. The van der Waals surface area contributed by atoms with E-state index in [4.69, 9.17) is 0 Å². The molecule has 0 fully saturated rings. The van der Waals surface area contributed by atoms with Crippen LogP contribution in [0.15, 0.2) is 24.3 Å². The van der Waals surface area contributed by atoms with Crippen molar-refractivity contribution in [1.29, 1.82) is 0 Å². The van der Waals surface area contributed by atoms with Crippen molar-refractivity contribution in [3.8, 4) is 5.75 Å². The van der Waals surface area contributed by atoms with Gasteiger partial charge in [0.25, 0.3) is 0 Å². The maximum Gasteiger partial charge on any atom is 0.120 e. The maximum absolute atomic E-state index is 9.63. The van der Waals surface area contributed by atoms with Gasteiger partial charge in [-0.25, -0.2) is 0 Å². The highest BCUT2D eigenvalue weighted by molar-refractivity contribution is 5.34. The normalized spacial score (nSPS) is 15.1. The van der Waals surface area contributed by atoms with Crippen LogP contribution in [-0.2, 0) is 0 Å². The Bertz CT molecular complexity index is 285.